The minimum Gasteiger partial charge on any atom is -0.462 e. The standard InChI is InChI=1S/C19H20N2O6S/c1-4-26-18(23)15-13-9-19(2,3)27-10-14(13)28-17(15)20-16(22)11-5-7-12(8-6-11)21(24)25/h5-8H,4,9-10H2,1-3H3,(H,20,22). The summed E-state index contributed by atoms with van der Waals surface area (Å²) in [7, 11) is 0. The summed E-state index contributed by atoms with van der Waals surface area (Å²) < 4.78 is 11.0. The number of amides is 1. The van der Waals surface area contributed by atoms with Crippen LogP contribution in [0.3, 0.4) is 0 Å². The summed E-state index contributed by atoms with van der Waals surface area (Å²) in [5.74, 6) is -0.948. The van der Waals surface area contributed by atoms with Crippen LogP contribution in [0.1, 0.15) is 51.9 Å². The third-order valence-corrected chi connectivity index (χ3v) is 5.46. The first-order valence-corrected chi connectivity index (χ1v) is 9.55. The van der Waals surface area contributed by atoms with E-state index in [1.165, 1.54) is 35.6 Å². The second kappa shape index (κ2) is 7.69. The van der Waals surface area contributed by atoms with Gasteiger partial charge in [0.25, 0.3) is 11.6 Å². The van der Waals surface area contributed by atoms with Gasteiger partial charge in [0.05, 0.1) is 29.3 Å². The van der Waals surface area contributed by atoms with Crippen molar-refractivity contribution < 1.29 is 24.0 Å². The monoisotopic (exact) mass is 404 g/mol. The first-order valence-electron chi connectivity index (χ1n) is 8.73. The highest BCUT2D eigenvalue weighted by Gasteiger charge is 2.34. The summed E-state index contributed by atoms with van der Waals surface area (Å²) >= 11 is 1.28. The highest BCUT2D eigenvalue weighted by Crippen LogP contribution is 2.41. The molecule has 3 rings (SSSR count). The summed E-state index contributed by atoms with van der Waals surface area (Å²) in [4.78, 5) is 36.3. The lowest BCUT2D eigenvalue weighted by atomic mass is 9.93. The second-order valence-electron chi connectivity index (χ2n) is 6.91. The van der Waals surface area contributed by atoms with E-state index in [-0.39, 0.29) is 17.9 Å². The van der Waals surface area contributed by atoms with Gasteiger partial charge in [0.1, 0.15) is 5.00 Å². The van der Waals surface area contributed by atoms with Gasteiger partial charge in [0.15, 0.2) is 0 Å². The molecule has 0 fully saturated rings. The first-order chi connectivity index (χ1) is 13.2. The van der Waals surface area contributed by atoms with Gasteiger partial charge in [-0.3, -0.25) is 14.9 Å². The van der Waals surface area contributed by atoms with Crippen molar-refractivity contribution in [3.8, 4) is 0 Å². The molecule has 0 atom stereocenters. The largest absolute Gasteiger partial charge is 0.462 e. The van der Waals surface area contributed by atoms with Crippen molar-refractivity contribution in [1.29, 1.82) is 0 Å². The van der Waals surface area contributed by atoms with Crippen molar-refractivity contribution in [3.63, 3.8) is 0 Å². The van der Waals surface area contributed by atoms with Crippen molar-refractivity contribution in [2.24, 2.45) is 0 Å². The lowest BCUT2D eigenvalue weighted by Crippen LogP contribution is -2.32. The first kappa shape index (κ1) is 20.0. The lowest BCUT2D eigenvalue weighted by molar-refractivity contribution is -0.384. The smallest absolute Gasteiger partial charge is 0.341 e. The molecule has 2 heterocycles. The van der Waals surface area contributed by atoms with Gasteiger partial charge in [0.2, 0.25) is 0 Å². The number of benzene rings is 1. The zero-order chi connectivity index (χ0) is 20.5. The number of ether oxygens (including phenoxy) is 2. The number of anilines is 1. The Morgan fingerprint density at radius 1 is 1.32 bits per heavy atom. The van der Waals surface area contributed by atoms with Gasteiger partial charge in [-0.1, -0.05) is 0 Å². The zero-order valence-electron chi connectivity index (χ0n) is 15.7. The summed E-state index contributed by atoms with van der Waals surface area (Å²) in [6.45, 7) is 6.18. The number of fused-ring (bicyclic) bond motifs is 1. The van der Waals surface area contributed by atoms with Gasteiger partial charge in [-0.25, -0.2) is 4.79 Å². The molecule has 0 radical (unpaired) electrons. The quantitative estimate of drug-likeness (QED) is 0.459. The molecule has 148 valence electrons. The Kier molecular flexibility index (Phi) is 5.48. The van der Waals surface area contributed by atoms with Gasteiger partial charge in [-0.05, 0) is 38.5 Å². The van der Waals surface area contributed by atoms with Crippen molar-refractivity contribution in [1.82, 2.24) is 0 Å². The van der Waals surface area contributed by atoms with E-state index in [4.69, 9.17) is 9.47 Å². The van der Waals surface area contributed by atoms with E-state index in [9.17, 15) is 19.7 Å². The number of hydrogen-bond donors (Lipinski definition) is 1. The predicted molar refractivity (Wildman–Crippen MR) is 104 cm³/mol. The Morgan fingerprint density at radius 3 is 2.61 bits per heavy atom. The fraction of sp³-hybridized carbons (Fsp3) is 0.368. The van der Waals surface area contributed by atoms with Gasteiger partial charge >= 0.3 is 5.97 Å². The number of carbonyl (C=O) groups excluding carboxylic acids is 2. The van der Waals surface area contributed by atoms with Crippen molar-refractivity contribution in [3.05, 3.63) is 55.9 Å². The third-order valence-electron chi connectivity index (χ3n) is 4.33. The van der Waals surface area contributed by atoms with E-state index in [0.29, 0.717) is 23.6 Å². The summed E-state index contributed by atoms with van der Waals surface area (Å²) in [5.41, 5.74) is 0.917. The molecule has 0 spiro atoms. The van der Waals surface area contributed by atoms with Crippen LogP contribution in [0.25, 0.3) is 0 Å². The van der Waals surface area contributed by atoms with Crippen molar-refractivity contribution >= 4 is 33.9 Å². The van der Waals surface area contributed by atoms with Crippen LogP contribution < -0.4 is 5.32 Å². The van der Waals surface area contributed by atoms with Crippen LogP contribution in [0.4, 0.5) is 10.7 Å². The molecular weight excluding hydrogens is 384 g/mol. The molecule has 1 aromatic carbocycles. The van der Waals surface area contributed by atoms with Gasteiger partial charge in [0, 0.05) is 29.0 Å². The highest BCUT2D eigenvalue weighted by molar-refractivity contribution is 7.17. The molecule has 0 saturated heterocycles. The molecule has 0 bridgehead atoms. The van der Waals surface area contributed by atoms with Crippen molar-refractivity contribution in [2.75, 3.05) is 11.9 Å². The number of nitro groups is 1. The molecule has 9 heteroatoms. The number of nitro benzene ring substituents is 1. The van der Waals surface area contributed by atoms with Crippen LogP contribution >= 0.6 is 11.3 Å². The van der Waals surface area contributed by atoms with Crippen LogP contribution in [-0.4, -0.2) is 29.0 Å². The normalized spacial score (nSPS) is 14.8. The minimum absolute atomic E-state index is 0.102. The Bertz CT molecular complexity index is 933. The number of rotatable bonds is 5. The van der Waals surface area contributed by atoms with Gasteiger partial charge in [-0.15, -0.1) is 11.3 Å². The number of hydrogen-bond acceptors (Lipinski definition) is 7. The molecule has 0 saturated carbocycles. The molecule has 0 unspecified atom stereocenters. The van der Waals surface area contributed by atoms with E-state index >= 15 is 0 Å². The summed E-state index contributed by atoms with van der Waals surface area (Å²) in [6, 6.07) is 5.27. The Morgan fingerprint density at radius 2 is 2.00 bits per heavy atom. The molecule has 0 aliphatic carbocycles. The molecule has 8 nitrogen and oxygen atoms in total. The van der Waals surface area contributed by atoms with Crippen molar-refractivity contribution in [2.45, 2.75) is 39.4 Å². The Labute approximate surface area is 165 Å². The number of nitrogens with zero attached hydrogens (tertiary/aromatic N) is 1. The molecule has 1 aromatic heterocycles. The van der Waals surface area contributed by atoms with Gasteiger partial charge < -0.3 is 14.8 Å². The molecule has 1 N–H and O–H groups in total. The molecule has 1 amide bonds. The van der Waals surface area contributed by atoms with E-state index in [1.54, 1.807) is 6.92 Å². The van der Waals surface area contributed by atoms with E-state index in [1.807, 2.05) is 13.8 Å². The topological polar surface area (TPSA) is 108 Å². The predicted octanol–water partition coefficient (Wildman–Crippen LogP) is 3.94. The summed E-state index contributed by atoms with van der Waals surface area (Å²) in [5, 5.41) is 13.9. The van der Waals surface area contributed by atoms with Gasteiger partial charge in [-0.2, -0.15) is 0 Å². The van der Waals surface area contributed by atoms with E-state index < -0.39 is 22.4 Å². The fourth-order valence-corrected chi connectivity index (χ4v) is 4.08. The maximum absolute atomic E-state index is 12.6. The lowest BCUT2D eigenvalue weighted by Gasteiger charge is -2.30. The van der Waals surface area contributed by atoms with Crippen LogP contribution in [0.2, 0.25) is 0 Å². The average molecular weight is 404 g/mol. The minimum atomic E-state index is -0.532. The van der Waals surface area contributed by atoms with Crippen LogP contribution in [0.15, 0.2) is 24.3 Å². The number of carbonyl (C=O) groups is 2. The molecule has 1 aliphatic rings. The van der Waals surface area contributed by atoms with Crippen LogP contribution in [-0.2, 0) is 22.5 Å². The zero-order valence-corrected chi connectivity index (χ0v) is 16.6. The third kappa shape index (κ3) is 4.05. The average Bonchev–Trinajstić information content (AvgIpc) is 2.97. The SMILES string of the molecule is CCOC(=O)c1c(NC(=O)c2ccc([N+](=O)[O-])cc2)sc2c1CC(C)(C)OC2. The number of non-ortho nitro benzene ring substituents is 1. The highest BCUT2D eigenvalue weighted by atomic mass is 32.1. The Balaban J connectivity index is 1.92. The Hall–Kier alpha value is -2.78. The number of nitrogens with one attached hydrogen (secondary N) is 1. The van der Waals surface area contributed by atoms with E-state index in [0.717, 1.165) is 10.4 Å². The number of esters is 1. The summed E-state index contributed by atoms with van der Waals surface area (Å²) in [6.07, 6.45) is 0.528. The second-order valence-corrected chi connectivity index (χ2v) is 8.02. The fourth-order valence-electron chi connectivity index (χ4n) is 2.97. The molecule has 28 heavy (non-hydrogen) atoms. The van der Waals surface area contributed by atoms with Crippen LogP contribution in [0, 0.1) is 10.1 Å². The maximum Gasteiger partial charge on any atom is 0.341 e. The van der Waals surface area contributed by atoms with E-state index in [2.05, 4.69) is 5.32 Å². The number of thiophene rings is 1. The van der Waals surface area contributed by atoms with Crippen LogP contribution in [0.5, 0.6) is 0 Å². The molecular formula is C19H20N2O6S. The molecule has 1 aliphatic heterocycles. The maximum atomic E-state index is 12.6. The molecule has 2 aromatic rings.